The largest absolute Gasteiger partial charge is 0.480 e. The Balaban J connectivity index is 2.53. The smallest absolute Gasteiger partial charge is 0.207 e. The van der Waals surface area contributed by atoms with E-state index in [1.54, 1.807) is 0 Å². The highest BCUT2D eigenvalue weighted by Gasteiger charge is 2.33. The molecule has 1 aromatic carbocycles. The third-order valence-electron chi connectivity index (χ3n) is 2.20. The lowest BCUT2D eigenvalue weighted by molar-refractivity contribution is 0.0853. The summed E-state index contributed by atoms with van der Waals surface area (Å²) in [6, 6.07) is 2.31. The fourth-order valence-electron chi connectivity index (χ4n) is 1.50. The third-order valence-corrected chi connectivity index (χ3v) is 2.48. The van der Waals surface area contributed by atoms with Crippen LogP contribution in [0.4, 0.5) is 4.39 Å². The predicted octanol–water partition coefficient (Wildman–Crippen LogP) is 2.83. The molecule has 2 nitrogen and oxygen atoms in total. The molecule has 0 saturated heterocycles. The number of carbonyl (C=O) groups is 1. The molecule has 0 spiro atoms. The summed E-state index contributed by atoms with van der Waals surface area (Å²) < 4.78 is 18.2. The number of ether oxygens (including phenoxy) is 1. The second kappa shape index (κ2) is 3.24. The van der Waals surface area contributed by atoms with E-state index in [1.165, 1.54) is 6.07 Å². The molecule has 1 aromatic rings. The Kier molecular flexibility index (Phi) is 2.19. The fourth-order valence-corrected chi connectivity index (χ4v) is 1.75. The van der Waals surface area contributed by atoms with E-state index in [0.29, 0.717) is 12.2 Å². The zero-order valence-corrected chi connectivity index (χ0v) is 8.27. The molecule has 1 aliphatic heterocycles. The lowest BCUT2D eigenvalue weighted by Gasteiger charge is -2.05. The first-order valence-corrected chi connectivity index (χ1v) is 4.71. The minimum atomic E-state index is -0.512. The Morgan fingerprint density at radius 2 is 2.29 bits per heavy atom. The first kappa shape index (κ1) is 9.46. The van der Waals surface area contributed by atoms with Crippen molar-refractivity contribution in [2.45, 2.75) is 19.4 Å². The number of ketones is 1. The number of rotatable bonds is 1. The first-order chi connectivity index (χ1) is 6.63. The van der Waals surface area contributed by atoms with E-state index >= 15 is 0 Å². The molecule has 0 fully saturated rings. The average Bonchev–Trinajstić information content (AvgIpc) is 2.44. The van der Waals surface area contributed by atoms with Gasteiger partial charge in [0, 0.05) is 0 Å². The van der Waals surface area contributed by atoms with Crippen molar-refractivity contribution in [3.8, 4) is 5.75 Å². The van der Waals surface area contributed by atoms with Crippen molar-refractivity contribution in [3.63, 3.8) is 0 Å². The number of benzene rings is 1. The maximum Gasteiger partial charge on any atom is 0.207 e. The van der Waals surface area contributed by atoms with Crippen LogP contribution in [0, 0.1) is 5.82 Å². The molecular weight excluding hydrogens is 207 g/mol. The second-order valence-corrected chi connectivity index (χ2v) is 3.55. The van der Waals surface area contributed by atoms with Gasteiger partial charge in [0.25, 0.3) is 0 Å². The zero-order valence-electron chi connectivity index (χ0n) is 7.51. The molecule has 2 rings (SSSR count). The van der Waals surface area contributed by atoms with Gasteiger partial charge in [0.15, 0.2) is 6.10 Å². The standard InChI is InChI=1S/C10H8ClFO2/c1-2-8-9(13)6-3-5(12)4-7(11)10(6)14-8/h3-4,8H,2H2,1H3. The molecule has 14 heavy (non-hydrogen) atoms. The Bertz CT molecular complexity index is 403. The van der Waals surface area contributed by atoms with E-state index < -0.39 is 11.9 Å². The van der Waals surface area contributed by atoms with Gasteiger partial charge < -0.3 is 4.74 Å². The van der Waals surface area contributed by atoms with Crippen molar-refractivity contribution < 1.29 is 13.9 Å². The summed E-state index contributed by atoms with van der Waals surface area (Å²) >= 11 is 5.75. The molecule has 1 unspecified atom stereocenters. The summed E-state index contributed by atoms with van der Waals surface area (Å²) in [6.45, 7) is 1.83. The van der Waals surface area contributed by atoms with Crippen molar-refractivity contribution in [3.05, 3.63) is 28.5 Å². The summed E-state index contributed by atoms with van der Waals surface area (Å²) in [7, 11) is 0. The topological polar surface area (TPSA) is 26.3 Å². The van der Waals surface area contributed by atoms with Crippen LogP contribution in [-0.4, -0.2) is 11.9 Å². The van der Waals surface area contributed by atoms with Crippen molar-refractivity contribution in [1.82, 2.24) is 0 Å². The summed E-state index contributed by atoms with van der Waals surface area (Å²) in [5.74, 6) is -0.392. The molecule has 1 aliphatic rings. The van der Waals surface area contributed by atoms with E-state index in [4.69, 9.17) is 16.3 Å². The summed E-state index contributed by atoms with van der Waals surface area (Å²) in [4.78, 5) is 11.6. The van der Waals surface area contributed by atoms with Crippen LogP contribution in [0.3, 0.4) is 0 Å². The van der Waals surface area contributed by atoms with Crippen LogP contribution in [0.2, 0.25) is 5.02 Å². The molecule has 0 saturated carbocycles. The number of halogens is 2. The molecule has 0 N–H and O–H groups in total. The van der Waals surface area contributed by atoms with E-state index in [2.05, 4.69) is 0 Å². The molecule has 4 heteroatoms. The second-order valence-electron chi connectivity index (χ2n) is 3.14. The van der Waals surface area contributed by atoms with Gasteiger partial charge in [-0.2, -0.15) is 0 Å². The number of hydrogen-bond donors (Lipinski definition) is 0. The highest BCUT2D eigenvalue weighted by molar-refractivity contribution is 6.33. The third kappa shape index (κ3) is 1.28. The maximum absolute atomic E-state index is 12.9. The monoisotopic (exact) mass is 214 g/mol. The minimum Gasteiger partial charge on any atom is -0.480 e. The lowest BCUT2D eigenvalue weighted by atomic mass is 10.1. The molecule has 0 bridgehead atoms. The maximum atomic E-state index is 12.9. The Morgan fingerprint density at radius 1 is 1.57 bits per heavy atom. The SMILES string of the molecule is CCC1Oc2c(Cl)cc(F)cc2C1=O. The van der Waals surface area contributed by atoms with Gasteiger partial charge in [0.1, 0.15) is 11.6 Å². The van der Waals surface area contributed by atoms with Crippen molar-refractivity contribution in [1.29, 1.82) is 0 Å². The molecule has 0 aromatic heterocycles. The van der Waals surface area contributed by atoms with Gasteiger partial charge in [0.2, 0.25) is 5.78 Å². The molecule has 0 aliphatic carbocycles. The average molecular weight is 215 g/mol. The summed E-state index contributed by atoms with van der Waals surface area (Å²) in [6.07, 6.45) is 0.0511. The van der Waals surface area contributed by atoms with Gasteiger partial charge in [-0.05, 0) is 18.6 Å². The summed E-state index contributed by atoms with van der Waals surface area (Å²) in [5, 5.41) is 0.157. The highest BCUT2D eigenvalue weighted by atomic mass is 35.5. The van der Waals surface area contributed by atoms with E-state index in [-0.39, 0.29) is 16.4 Å². The predicted molar refractivity (Wildman–Crippen MR) is 50.4 cm³/mol. The number of fused-ring (bicyclic) bond motifs is 1. The molecule has 0 radical (unpaired) electrons. The fraction of sp³-hybridized carbons (Fsp3) is 0.300. The molecular formula is C10H8ClFO2. The van der Waals surface area contributed by atoms with E-state index in [1.807, 2.05) is 6.92 Å². The molecule has 74 valence electrons. The van der Waals surface area contributed by atoms with Gasteiger partial charge in [-0.25, -0.2) is 4.39 Å². The number of hydrogen-bond acceptors (Lipinski definition) is 2. The van der Waals surface area contributed by atoms with Crippen LogP contribution in [0.5, 0.6) is 5.75 Å². The van der Waals surface area contributed by atoms with E-state index in [9.17, 15) is 9.18 Å². The van der Waals surface area contributed by atoms with Gasteiger partial charge in [-0.15, -0.1) is 0 Å². The Labute approximate surface area is 85.6 Å². The van der Waals surface area contributed by atoms with Crippen molar-refractivity contribution >= 4 is 17.4 Å². The highest BCUT2D eigenvalue weighted by Crippen LogP contribution is 2.37. The van der Waals surface area contributed by atoms with Crippen LogP contribution in [0.1, 0.15) is 23.7 Å². The Morgan fingerprint density at radius 3 is 2.93 bits per heavy atom. The van der Waals surface area contributed by atoms with Crippen molar-refractivity contribution in [2.75, 3.05) is 0 Å². The zero-order chi connectivity index (χ0) is 10.3. The Hall–Kier alpha value is -1.09. The van der Waals surface area contributed by atoms with Crippen molar-refractivity contribution in [2.24, 2.45) is 0 Å². The first-order valence-electron chi connectivity index (χ1n) is 4.33. The van der Waals surface area contributed by atoms with Crippen LogP contribution >= 0.6 is 11.6 Å². The molecule has 1 atom stereocenters. The van der Waals surface area contributed by atoms with E-state index in [0.717, 1.165) is 6.07 Å². The normalized spacial score (nSPS) is 19.4. The van der Waals surface area contributed by atoms with Crippen LogP contribution in [0.25, 0.3) is 0 Å². The van der Waals surface area contributed by atoms with Crippen LogP contribution < -0.4 is 4.74 Å². The van der Waals surface area contributed by atoms with Gasteiger partial charge in [0.05, 0.1) is 10.6 Å². The molecule has 1 heterocycles. The van der Waals surface area contributed by atoms with Crippen LogP contribution in [-0.2, 0) is 0 Å². The number of Topliss-reactive ketones (excluding diaryl/α,β-unsaturated/α-hetero) is 1. The van der Waals surface area contributed by atoms with Gasteiger partial charge in [-0.3, -0.25) is 4.79 Å². The molecule has 0 amide bonds. The number of carbonyl (C=O) groups excluding carboxylic acids is 1. The minimum absolute atomic E-state index is 0.157. The summed E-state index contributed by atoms with van der Waals surface area (Å²) in [5.41, 5.74) is 0.252. The van der Waals surface area contributed by atoms with Gasteiger partial charge >= 0.3 is 0 Å². The lowest BCUT2D eigenvalue weighted by Crippen LogP contribution is -2.18. The van der Waals surface area contributed by atoms with Crippen LogP contribution in [0.15, 0.2) is 12.1 Å². The van der Waals surface area contributed by atoms with Gasteiger partial charge in [-0.1, -0.05) is 18.5 Å². The quantitative estimate of drug-likeness (QED) is 0.719.